The summed E-state index contributed by atoms with van der Waals surface area (Å²) in [5.74, 6) is 1.21. The summed E-state index contributed by atoms with van der Waals surface area (Å²) in [4.78, 5) is 11.7. The van der Waals surface area contributed by atoms with Crippen LogP contribution in [0.15, 0.2) is 22.8 Å². The Kier molecular flexibility index (Phi) is 5.42. The van der Waals surface area contributed by atoms with E-state index < -0.39 is 6.04 Å². The molecule has 0 saturated heterocycles. The molecule has 1 aromatic heterocycles. The lowest BCUT2D eigenvalue weighted by Crippen LogP contribution is -2.35. The van der Waals surface area contributed by atoms with Gasteiger partial charge >= 0.3 is 0 Å². The van der Waals surface area contributed by atoms with Gasteiger partial charge in [0.15, 0.2) is 0 Å². The number of nitrogens with one attached hydrogen (secondary N) is 1. The van der Waals surface area contributed by atoms with E-state index in [1.807, 2.05) is 13.2 Å². The molecule has 5 heteroatoms. The molecule has 4 nitrogen and oxygen atoms in total. The normalized spacial score (nSPS) is 14.4. The van der Waals surface area contributed by atoms with Crippen LogP contribution >= 0.6 is 11.8 Å². The molecule has 90 valence electrons. The second-order valence-electron chi connectivity index (χ2n) is 3.62. The molecule has 1 heterocycles. The van der Waals surface area contributed by atoms with Crippen LogP contribution < -0.4 is 5.32 Å². The first kappa shape index (κ1) is 13.1. The smallest absolute Gasteiger partial charge is 0.224 e. The third-order valence-corrected chi connectivity index (χ3v) is 3.08. The topological polar surface area (TPSA) is 62.5 Å². The summed E-state index contributed by atoms with van der Waals surface area (Å²) >= 11 is 1.62. The maximum absolute atomic E-state index is 11.7. The van der Waals surface area contributed by atoms with Crippen molar-refractivity contribution in [2.75, 3.05) is 18.6 Å². The summed E-state index contributed by atoms with van der Waals surface area (Å²) in [6.07, 6.45) is 3.48. The van der Waals surface area contributed by atoms with Crippen LogP contribution in [0.4, 0.5) is 0 Å². The third-order valence-electron chi connectivity index (χ3n) is 2.25. The Morgan fingerprint density at radius 3 is 2.94 bits per heavy atom. The minimum absolute atomic E-state index is 0.0650. The van der Waals surface area contributed by atoms with Crippen LogP contribution in [0.3, 0.4) is 0 Å². The van der Waals surface area contributed by atoms with Crippen LogP contribution in [0.25, 0.3) is 0 Å². The van der Waals surface area contributed by atoms with Crippen molar-refractivity contribution in [3.05, 3.63) is 24.2 Å². The van der Waals surface area contributed by atoms with Crippen LogP contribution in [0.1, 0.15) is 18.7 Å². The molecule has 0 bridgehead atoms. The maximum atomic E-state index is 11.7. The minimum atomic E-state index is -0.452. The molecular formula is C11H17NO3S. The lowest BCUT2D eigenvalue weighted by atomic mass is 10.1. The van der Waals surface area contributed by atoms with Crippen molar-refractivity contribution in [2.24, 2.45) is 5.92 Å². The first-order valence-electron chi connectivity index (χ1n) is 5.12. The summed E-state index contributed by atoms with van der Waals surface area (Å²) in [5.41, 5.74) is 0. The Hall–Kier alpha value is -0.940. The molecule has 1 rings (SSSR count). The predicted octanol–water partition coefficient (Wildman–Crippen LogP) is 1.43. The number of hydrogen-bond donors (Lipinski definition) is 2. The van der Waals surface area contributed by atoms with Gasteiger partial charge in [-0.1, -0.05) is 6.92 Å². The van der Waals surface area contributed by atoms with Gasteiger partial charge in [-0.2, -0.15) is 11.8 Å². The van der Waals surface area contributed by atoms with Crippen LogP contribution in [0.5, 0.6) is 0 Å². The zero-order chi connectivity index (χ0) is 12.0. The van der Waals surface area contributed by atoms with Crippen LogP contribution in [-0.4, -0.2) is 29.6 Å². The molecule has 1 amide bonds. The van der Waals surface area contributed by atoms with Gasteiger partial charge in [-0.05, 0) is 18.4 Å². The minimum Gasteiger partial charge on any atom is -0.467 e. The lowest BCUT2D eigenvalue weighted by molar-refractivity contribution is -0.125. The van der Waals surface area contributed by atoms with Crippen LogP contribution in [0.2, 0.25) is 0 Å². The highest BCUT2D eigenvalue weighted by Gasteiger charge is 2.19. The molecule has 0 fully saturated rings. The number of furan rings is 1. The average Bonchev–Trinajstić information content (AvgIpc) is 2.79. The quantitative estimate of drug-likeness (QED) is 0.793. The number of aliphatic hydroxyl groups excluding tert-OH is 1. The number of carbonyl (C=O) groups is 1. The second-order valence-corrected chi connectivity index (χ2v) is 4.53. The van der Waals surface area contributed by atoms with Gasteiger partial charge in [0.2, 0.25) is 5.91 Å². The molecule has 0 radical (unpaired) electrons. The van der Waals surface area contributed by atoms with E-state index in [-0.39, 0.29) is 18.4 Å². The largest absolute Gasteiger partial charge is 0.467 e. The number of hydrogen-bond acceptors (Lipinski definition) is 4. The Labute approximate surface area is 99.4 Å². The molecule has 2 unspecified atom stereocenters. The van der Waals surface area contributed by atoms with E-state index in [0.29, 0.717) is 5.76 Å². The Morgan fingerprint density at radius 2 is 2.44 bits per heavy atom. The zero-order valence-electron chi connectivity index (χ0n) is 9.47. The fraction of sp³-hybridized carbons (Fsp3) is 0.545. The molecule has 0 aliphatic rings. The van der Waals surface area contributed by atoms with Crippen LogP contribution in [0, 0.1) is 5.92 Å². The first-order valence-corrected chi connectivity index (χ1v) is 6.52. The summed E-state index contributed by atoms with van der Waals surface area (Å²) in [6, 6.07) is 3.02. The lowest BCUT2D eigenvalue weighted by Gasteiger charge is -2.17. The van der Waals surface area contributed by atoms with Crippen molar-refractivity contribution in [3.8, 4) is 0 Å². The van der Waals surface area contributed by atoms with E-state index in [1.54, 1.807) is 23.9 Å². The van der Waals surface area contributed by atoms with Gasteiger partial charge < -0.3 is 14.8 Å². The van der Waals surface area contributed by atoms with Crippen molar-refractivity contribution < 1.29 is 14.3 Å². The van der Waals surface area contributed by atoms with Crippen molar-refractivity contribution in [3.63, 3.8) is 0 Å². The highest BCUT2D eigenvalue weighted by atomic mass is 32.2. The summed E-state index contributed by atoms with van der Waals surface area (Å²) < 4.78 is 5.15. The standard InChI is InChI=1S/C11H17NO3S/c1-8(7-16-2)11(14)12-9(6-13)10-4-3-5-15-10/h3-5,8-9,13H,6-7H2,1-2H3,(H,12,14). The molecular weight excluding hydrogens is 226 g/mol. The van der Waals surface area contributed by atoms with Gasteiger partial charge in [-0.3, -0.25) is 4.79 Å². The first-order chi connectivity index (χ1) is 7.69. The maximum Gasteiger partial charge on any atom is 0.224 e. The number of amides is 1. The van der Waals surface area contributed by atoms with E-state index in [0.717, 1.165) is 5.75 Å². The highest BCUT2D eigenvalue weighted by molar-refractivity contribution is 7.98. The van der Waals surface area contributed by atoms with Gasteiger partial charge in [-0.15, -0.1) is 0 Å². The average molecular weight is 243 g/mol. The molecule has 0 spiro atoms. The molecule has 0 aromatic carbocycles. The zero-order valence-corrected chi connectivity index (χ0v) is 10.3. The van der Waals surface area contributed by atoms with Gasteiger partial charge in [0.05, 0.1) is 12.9 Å². The highest BCUT2D eigenvalue weighted by Crippen LogP contribution is 2.14. The number of aliphatic hydroxyl groups is 1. The summed E-state index contributed by atoms with van der Waals surface area (Å²) in [6.45, 7) is 1.70. The van der Waals surface area contributed by atoms with Crippen molar-refractivity contribution in [1.82, 2.24) is 5.32 Å². The second kappa shape index (κ2) is 6.60. The predicted molar refractivity (Wildman–Crippen MR) is 64.2 cm³/mol. The fourth-order valence-electron chi connectivity index (χ4n) is 1.34. The van der Waals surface area contributed by atoms with E-state index >= 15 is 0 Å². The van der Waals surface area contributed by atoms with Crippen molar-refractivity contribution in [2.45, 2.75) is 13.0 Å². The molecule has 0 aliphatic carbocycles. The van der Waals surface area contributed by atoms with E-state index in [2.05, 4.69) is 5.32 Å². The third kappa shape index (κ3) is 3.57. The molecule has 0 saturated carbocycles. The summed E-state index contributed by atoms with van der Waals surface area (Å²) in [7, 11) is 0. The van der Waals surface area contributed by atoms with Gasteiger partial charge in [0.25, 0.3) is 0 Å². The van der Waals surface area contributed by atoms with E-state index in [9.17, 15) is 9.90 Å². The Balaban J connectivity index is 2.54. The SMILES string of the molecule is CSCC(C)C(=O)NC(CO)c1ccco1. The van der Waals surface area contributed by atoms with Crippen LogP contribution in [-0.2, 0) is 4.79 Å². The van der Waals surface area contributed by atoms with Gasteiger partial charge in [0.1, 0.15) is 11.8 Å². The van der Waals surface area contributed by atoms with Gasteiger partial charge in [-0.25, -0.2) is 0 Å². The molecule has 1 aromatic rings. The monoisotopic (exact) mass is 243 g/mol. The van der Waals surface area contributed by atoms with E-state index in [1.165, 1.54) is 6.26 Å². The molecule has 16 heavy (non-hydrogen) atoms. The fourth-order valence-corrected chi connectivity index (χ4v) is 1.99. The number of thioether (sulfide) groups is 1. The molecule has 2 atom stereocenters. The number of rotatable bonds is 6. The van der Waals surface area contributed by atoms with Gasteiger partial charge in [0, 0.05) is 11.7 Å². The van der Waals surface area contributed by atoms with Crippen molar-refractivity contribution >= 4 is 17.7 Å². The molecule has 0 aliphatic heterocycles. The Morgan fingerprint density at radius 1 is 1.69 bits per heavy atom. The molecule has 2 N–H and O–H groups in total. The van der Waals surface area contributed by atoms with Crippen molar-refractivity contribution in [1.29, 1.82) is 0 Å². The van der Waals surface area contributed by atoms with E-state index in [4.69, 9.17) is 4.42 Å². The summed E-state index contributed by atoms with van der Waals surface area (Å²) in [5, 5.41) is 11.9. The number of carbonyl (C=O) groups excluding carboxylic acids is 1. The Bertz CT molecular complexity index is 313.